The lowest BCUT2D eigenvalue weighted by Gasteiger charge is -2.32. The predicted octanol–water partition coefficient (Wildman–Crippen LogP) is 0.987. The second-order valence-corrected chi connectivity index (χ2v) is 5.02. The second-order valence-electron chi connectivity index (χ2n) is 3.74. The molecule has 0 radical (unpaired) electrons. The first kappa shape index (κ1) is 13.0. The van der Waals surface area contributed by atoms with Crippen LogP contribution in [0.1, 0.15) is 26.7 Å². The largest absolute Gasteiger partial charge is 0.331 e. The average Bonchev–Trinajstić information content (AvgIpc) is 2.52. The van der Waals surface area contributed by atoms with Gasteiger partial charge in [-0.1, -0.05) is 13.8 Å². The van der Waals surface area contributed by atoms with Crippen molar-refractivity contribution in [2.45, 2.75) is 31.4 Å². The third kappa shape index (κ3) is 2.21. The summed E-state index contributed by atoms with van der Waals surface area (Å²) in [6.45, 7) is 4.32. The molecule has 1 aliphatic rings. The molecule has 0 unspecified atom stereocenters. The fourth-order valence-corrected chi connectivity index (χ4v) is 2.53. The molecule has 1 fully saturated rings. The number of hydrogen-bond acceptors (Lipinski definition) is 4. The Labute approximate surface area is 98.9 Å². The average molecular weight is 244 g/mol. The van der Waals surface area contributed by atoms with Crippen LogP contribution in [-0.4, -0.2) is 40.3 Å². The van der Waals surface area contributed by atoms with E-state index in [2.05, 4.69) is 0 Å². The number of hydrogen-bond donors (Lipinski definition) is 1. The van der Waals surface area contributed by atoms with Crippen molar-refractivity contribution in [1.82, 2.24) is 10.2 Å². The molecule has 6 heteroatoms. The highest BCUT2D eigenvalue weighted by Crippen LogP contribution is 2.31. The number of carbonyl (C=O) groups is 3. The van der Waals surface area contributed by atoms with Gasteiger partial charge in [0.15, 0.2) is 0 Å². The summed E-state index contributed by atoms with van der Waals surface area (Å²) < 4.78 is -0.155. The van der Waals surface area contributed by atoms with E-state index in [4.69, 9.17) is 0 Å². The molecule has 16 heavy (non-hydrogen) atoms. The van der Waals surface area contributed by atoms with Gasteiger partial charge in [-0.15, -0.1) is 0 Å². The molecular weight excluding hydrogens is 228 g/mol. The van der Waals surface area contributed by atoms with E-state index >= 15 is 0 Å². The summed E-state index contributed by atoms with van der Waals surface area (Å²) in [5.74, 6) is -1.57. The van der Waals surface area contributed by atoms with E-state index in [1.165, 1.54) is 0 Å². The molecular formula is C10H16N2O3S. The van der Waals surface area contributed by atoms with Crippen LogP contribution in [-0.2, 0) is 9.59 Å². The van der Waals surface area contributed by atoms with Gasteiger partial charge in [0, 0.05) is 11.3 Å². The zero-order chi connectivity index (χ0) is 12.3. The molecule has 1 aliphatic heterocycles. The summed E-state index contributed by atoms with van der Waals surface area (Å²) in [5.41, 5.74) is 0. The van der Waals surface area contributed by atoms with Crippen LogP contribution in [0.15, 0.2) is 0 Å². The SMILES string of the molecule is CCC(CC)(CN1C(=O)NC(=O)C1=O)SC. The van der Waals surface area contributed by atoms with Crippen LogP contribution in [0.2, 0.25) is 0 Å². The fourth-order valence-electron chi connectivity index (χ4n) is 1.69. The van der Waals surface area contributed by atoms with Gasteiger partial charge in [0.05, 0.1) is 0 Å². The highest BCUT2D eigenvalue weighted by molar-refractivity contribution is 8.00. The number of carbonyl (C=O) groups excluding carboxylic acids is 3. The van der Waals surface area contributed by atoms with Gasteiger partial charge in [-0.25, -0.2) is 4.79 Å². The monoisotopic (exact) mass is 244 g/mol. The molecule has 0 atom stereocenters. The smallest absolute Gasteiger partial charge is 0.269 e. The Morgan fingerprint density at radius 1 is 1.25 bits per heavy atom. The molecule has 0 aromatic heterocycles. The highest BCUT2D eigenvalue weighted by atomic mass is 32.2. The van der Waals surface area contributed by atoms with Crippen LogP contribution >= 0.6 is 11.8 Å². The maximum absolute atomic E-state index is 11.4. The predicted molar refractivity (Wildman–Crippen MR) is 62.1 cm³/mol. The van der Waals surface area contributed by atoms with Gasteiger partial charge in [-0.2, -0.15) is 11.8 Å². The lowest BCUT2D eigenvalue weighted by molar-refractivity contribution is -0.140. The molecule has 0 spiro atoms. The van der Waals surface area contributed by atoms with Crippen LogP contribution in [0.4, 0.5) is 4.79 Å². The summed E-state index contributed by atoms with van der Waals surface area (Å²) in [6.07, 6.45) is 3.64. The van der Waals surface area contributed by atoms with Gasteiger partial charge in [0.25, 0.3) is 0 Å². The third-order valence-electron chi connectivity index (χ3n) is 3.07. The normalized spacial score (nSPS) is 16.9. The molecule has 1 N–H and O–H groups in total. The number of nitrogens with zero attached hydrogens (tertiary/aromatic N) is 1. The van der Waals surface area contributed by atoms with Gasteiger partial charge in [-0.3, -0.25) is 19.8 Å². The van der Waals surface area contributed by atoms with Gasteiger partial charge in [0.2, 0.25) is 0 Å². The van der Waals surface area contributed by atoms with E-state index in [0.29, 0.717) is 0 Å². The van der Waals surface area contributed by atoms with E-state index in [-0.39, 0.29) is 11.3 Å². The molecule has 0 saturated carbocycles. The van der Waals surface area contributed by atoms with Crippen molar-refractivity contribution in [3.05, 3.63) is 0 Å². The minimum absolute atomic E-state index is 0.155. The molecule has 90 valence electrons. The number of imide groups is 2. The summed E-state index contributed by atoms with van der Waals surface area (Å²) >= 11 is 1.62. The maximum Gasteiger partial charge on any atom is 0.331 e. The molecule has 0 bridgehead atoms. The molecule has 1 saturated heterocycles. The Hall–Kier alpha value is -1.04. The van der Waals surface area contributed by atoms with E-state index in [9.17, 15) is 14.4 Å². The van der Waals surface area contributed by atoms with Gasteiger partial charge >= 0.3 is 17.8 Å². The van der Waals surface area contributed by atoms with Gasteiger partial charge < -0.3 is 0 Å². The number of thioether (sulfide) groups is 1. The first-order chi connectivity index (χ1) is 7.49. The quantitative estimate of drug-likeness (QED) is 0.578. The highest BCUT2D eigenvalue weighted by Gasteiger charge is 2.41. The van der Waals surface area contributed by atoms with Gasteiger partial charge in [-0.05, 0) is 19.1 Å². The van der Waals surface area contributed by atoms with Crippen LogP contribution < -0.4 is 5.32 Å². The lowest BCUT2D eigenvalue weighted by Crippen LogP contribution is -2.43. The third-order valence-corrected chi connectivity index (χ3v) is 4.65. The van der Waals surface area contributed by atoms with Crippen molar-refractivity contribution in [1.29, 1.82) is 0 Å². The second kappa shape index (κ2) is 4.86. The molecule has 0 aliphatic carbocycles. The molecule has 4 amide bonds. The van der Waals surface area contributed by atoms with E-state index < -0.39 is 17.8 Å². The summed E-state index contributed by atoms with van der Waals surface area (Å²) in [6, 6.07) is -0.602. The molecule has 1 heterocycles. The minimum atomic E-state index is -0.827. The van der Waals surface area contributed by atoms with Crippen molar-refractivity contribution in [3.8, 4) is 0 Å². The van der Waals surface area contributed by atoms with E-state index in [1.54, 1.807) is 11.8 Å². The zero-order valence-corrected chi connectivity index (χ0v) is 10.5. The Morgan fingerprint density at radius 3 is 2.12 bits per heavy atom. The van der Waals surface area contributed by atoms with Crippen LogP contribution in [0.25, 0.3) is 0 Å². The molecule has 5 nitrogen and oxygen atoms in total. The Balaban J connectivity index is 2.83. The first-order valence-corrected chi connectivity index (χ1v) is 6.44. The summed E-state index contributed by atoms with van der Waals surface area (Å²) in [4.78, 5) is 34.8. The van der Waals surface area contributed by atoms with Crippen LogP contribution in [0.3, 0.4) is 0 Å². The Morgan fingerprint density at radius 2 is 1.81 bits per heavy atom. The number of urea groups is 1. The molecule has 0 aromatic carbocycles. The van der Waals surface area contributed by atoms with Crippen molar-refractivity contribution >= 4 is 29.6 Å². The Bertz CT molecular complexity index is 318. The number of rotatable bonds is 5. The number of amides is 4. The topological polar surface area (TPSA) is 66.5 Å². The minimum Gasteiger partial charge on any atom is -0.269 e. The van der Waals surface area contributed by atoms with E-state index in [1.807, 2.05) is 25.4 Å². The van der Waals surface area contributed by atoms with Crippen molar-refractivity contribution in [2.75, 3.05) is 12.8 Å². The zero-order valence-electron chi connectivity index (χ0n) is 9.70. The van der Waals surface area contributed by atoms with Crippen LogP contribution in [0, 0.1) is 0 Å². The Kier molecular flexibility index (Phi) is 3.96. The number of nitrogens with one attached hydrogen (secondary N) is 1. The van der Waals surface area contributed by atoms with Crippen molar-refractivity contribution in [3.63, 3.8) is 0 Å². The lowest BCUT2D eigenvalue weighted by atomic mass is 10.0. The summed E-state index contributed by atoms with van der Waals surface area (Å²) in [7, 11) is 0. The summed E-state index contributed by atoms with van der Waals surface area (Å²) in [5, 5.41) is 2.00. The van der Waals surface area contributed by atoms with E-state index in [0.717, 1.165) is 17.7 Å². The first-order valence-electron chi connectivity index (χ1n) is 5.21. The molecule has 1 rings (SSSR count). The maximum atomic E-state index is 11.4. The standard InChI is InChI=1S/C10H16N2O3S/c1-4-10(5-2,16-3)6-12-8(14)7(13)11-9(12)15/h4-6H2,1-3H3,(H,11,13,15). The van der Waals surface area contributed by atoms with Crippen molar-refractivity contribution < 1.29 is 14.4 Å². The molecule has 0 aromatic rings. The van der Waals surface area contributed by atoms with Gasteiger partial charge in [0.1, 0.15) is 0 Å². The fraction of sp³-hybridized carbons (Fsp3) is 0.700. The van der Waals surface area contributed by atoms with Crippen molar-refractivity contribution in [2.24, 2.45) is 0 Å². The van der Waals surface area contributed by atoms with Crippen LogP contribution in [0.5, 0.6) is 0 Å².